The molecule has 3 heterocycles. The lowest BCUT2D eigenvalue weighted by Crippen LogP contribution is -2.40. The van der Waals surface area contributed by atoms with Gasteiger partial charge in [-0.05, 0) is 93.8 Å². The first-order valence-electron chi connectivity index (χ1n) is 15.3. The number of H-pyrrole nitrogens is 1. The van der Waals surface area contributed by atoms with Crippen LogP contribution < -0.4 is 28.2 Å². The van der Waals surface area contributed by atoms with Crippen molar-refractivity contribution in [3.05, 3.63) is 81.1 Å². The van der Waals surface area contributed by atoms with Crippen molar-refractivity contribution in [2.24, 2.45) is 22.2 Å². The van der Waals surface area contributed by atoms with Gasteiger partial charge in [-0.1, -0.05) is 30.2 Å². The predicted octanol–water partition coefficient (Wildman–Crippen LogP) is 5.12. The molecule has 8 N–H and O–H groups in total. The summed E-state index contributed by atoms with van der Waals surface area (Å²) in [6, 6.07) is 13.8. The maximum atomic E-state index is 15.1. The SMILES string of the molecule is CC(N)=N[C@H](CN)C[C@@H]1CCC[C@@H](c2ccc(-n3cc4cc(-c5cc(CCC[C@H](C)N)cc(Cl)c5F)[nH]c4nc3=O)cc2)N1. The summed E-state index contributed by atoms with van der Waals surface area (Å²) in [5, 5.41) is 4.49. The molecule has 2 aromatic carbocycles. The number of aliphatic imine (C=N–C) groups is 1. The van der Waals surface area contributed by atoms with Crippen LogP contribution in [0, 0.1) is 5.82 Å². The van der Waals surface area contributed by atoms with Crippen molar-refractivity contribution in [2.75, 3.05) is 6.54 Å². The number of rotatable bonds is 11. The van der Waals surface area contributed by atoms with Crippen LogP contribution in [0.1, 0.15) is 69.5 Å². The molecule has 2 aromatic heterocycles. The number of halogens is 2. The van der Waals surface area contributed by atoms with Gasteiger partial charge in [0, 0.05) is 41.8 Å². The van der Waals surface area contributed by atoms with Crippen LogP contribution in [0.3, 0.4) is 0 Å². The van der Waals surface area contributed by atoms with Crippen molar-refractivity contribution >= 4 is 28.5 Å². The first-order valence-corrected chi connectivity index (χ1v) is 15.7. The minimum atomic E-state index is -0.515. The molecule has 0 saturated carbocycles. The van der Waals surface area contributed by atoms with Crippen molar-refractivity contribution in [2.45, 2.75) is 83.0 Å². The molecule has 4 aromatic rings. The van der Waals surface area contributed by atoms with Crippen LogP contribution in [0.15, 0.2) is 58.4 Å². The zero-order valence-corrected chi connectivity index (χ0v) is 26.1. The van der Waals surface area contributed by atoms with Gasteiger partial charge >= 0.3 is 5.69 Å². The largest absolute Gasteiger partial charge is 0.388 e. The molecule has 1 aliphatic heterocycles. The molecule has 9 nitrogen and oxygen atoms in total. The molecule has 0 radical (unpaired) electrons. The maximum absolute atomic E-state index is 15.1. The first kappa shape index (κ1) is 31.8. The number of aromatic amines is 1. The molecule has 0 aliphatic carbocycles. The second-order valence-electron chi connectivity index (χ2n) is 12.0. The average molecular weight is 621 g/mol. The minimum Gasteiger partial charge on any atom is -0.388 e. The van der Waals surface area contributed by atoms with Crippen molar-refractivity contribution < 1.29 is 4.39 Å². The van der Waals surface area contributed by atoms with E-state index in [-0.39, 0.29) is 23.1 Å². The summed E-state index contributed by atoms with van der Waals surface area (Å²) in [7, 11) is 0. The Kier molecular flexibility index (Phi) is 10.2. The number of nitrogens with zero attached hydrogens (tertiary/aromatic N) is 3. The number of amidine groups is 1. The molecular formula is C33H42ClFN8O. The van der Waals surface area contributed by atoms with Gasteiger partial charge in [-0.3, -0.25) is 9.56 Å². The molecular weight excluding hydrogens is 579 g/mol. The van der Waals surface area contributed by atoms with E-state index in [4.69, 9.17) is 28.8 Å². The molecule has 0 unspecified atom stereocenters. The monoisotopic (exact) mass is 620 g/mol. The topological polar surface area (TPSA) is 153 Å². The average Bonchev–Trinajstić information content (AvgIpc) is 3.40. The van der Waals surface area contributed by atoms with Crippen LogP contribution in [0.4, 0.5) is 4.39 Å². The van der Waals surface area contributed by atoms with Crippen LogP contribution in [0.5, 0.6) is 0 Å². The van der Waals surface area contributed by atoms with Gasteiger partial charge in [-0.15, -0.1) is 0 Å². The molecule has 0 spiro atoms. The van der Waals surface area contributed by atoms with Gasteiger partial charge in [0.2, 0.25) is 0 Å². The Labute approximate surface area is 262 Å². The quantitative estimate of drug-likeness (QED) is 0.116. The summed E-state index contributed by atoms with van der Waals surface area (Å²) in [5.41, 5.74) is 21.2. The van der Waals surface area contributed by atoms with Gasteiger partial charge in [0.05, 0.1) is 28.3 Å². The van der Waals surface area contributed by atoms with Gasteiger partial charge in [0.25, 0.3) is 0 Å². The van der Waals surface area contributed by atoms with Gasteiger partial charge in [-0.25, -0.2) is 9.18 Å². The fourth-order valence-corrected chi connectivity index (χ4v) is 6.33. The van der Waals surface area contributed by atoms with Crippen LogP contribution in [0.25, 0.3) is 28.0 Å². The van der Waals surface area contributed by atoms with Crippen molar-refractivity contribution in [3.63, 3.8) is 0 Å². The smallest absolute Gasteiger partial charge is 0.354 e. The Morgan fingerprint density at radius 2 is 2.00 bits per heavy atom. The molecule has 5 rings (SSSR count). The molecule has 1 aliphatic rings. The van der Waals surface area contributed by atoms with E-state index >= 15 is 4.39 Å². The highest BCUT2D eigenvalue weighted by molar-refractivity contribution is 6.31. The summed E-state index contributed by atoms with van der Waals surface area (Å²) in [4.78, 5) is 24.9. The number of aromatic nitrogens is 3. The molecule has 234 valence electrons. The lowest BCUT2D eigenvalue weighted by Gasteiger charge is -2.32. The summed E-state index contributed by atoms with van der Waals surface area (Å²) >= 11 is 6.26. The fraction of sp³-hybridized carbons (Fsp3) is 0.424. The van der Waals surface area contributed by atoms with E-state index < -0.39 is 11.5 Å². The van der Waals surface area contributed by atoms with Gasteiger partial charge in [0.1, 0.15) is 5.65 Å². The second kappa shape index (κ2) is 14.0. The zero-order chi connectivity index (χ0) is 31.4. The van der Waals surface area contributed by atoms with E-state index in [1.54, 1.807) is 31.3 Å². The Morgan fingerprint density at radius 1 is 1.23 bits per heavy atom. The summed E-state index contributed by atoms with van der Waals surface area (Å²) in [6.45, 7) is 4.22. The standard InChI is InChI=1S/C33H42ClFN8O/c1-19(37)5-3-6-21-13-27(31(35)28(34)14-21)30-15-23-18-43(33(44)42-32(23)41-30)26-11-9-22(10-12-26)29-8-4-7-24(40-29)16-25(17-36)39-20(2)38/h9-15,18-19,24-25,29,40H,3-8,16-17,36-37H2,1-2H3,(H2,38,39)(H,41,42,44)/t19-,24-,25-,29-/m0/s1. The number of fused-ring (bicyclic) bond motifs is 1. The Morgan fingerprint density at radius 3 is 2.70 bits per heavy atom. The Hall–Kier alpha value is -3.57. The van der Waals surface area contributed by atoms with Gasteiger partial charge < -0.3 is 27.5 Å². The molecule has 0 amide bonds. The van der Waals surface area contributed by atoms with Crippen LogP contribution in [-0.2, 0) is 6.42 Å². The van der Waals surface area contributed by atoms with E-state index in [9.17, 15) is 4.79 Å². The van der Waals surface area contributed by atoms with E-state index in [2.05, 4.69) is 20.3 Å². The number of piperidine rings is 1. The zero-order valence-electron chi connectivity index (χ0n) is 25.3. The summed E-state index contributed by atoms with van der Waals surface area (Å²) in [6.07, 6.45) is 8.24. The lowest BCUT2D eigenvalue weighted by molar-refractivity contribution is 0.300. The third-order valence-corrected chi connectivity index (χ3v) is 8.56. The lowest BCUT2D eigenvalue weighted by atomic mass is 9.90. The van der Waals surface area contributed by atoms with Gasteiger partial charge in [0.15, 0.2) is 5.82 Å². The van der Waals surface area contributed by atoms with Crippen LogP contribution in [0.2, 0.25) is 5.02 Å². The third kappa shape index (κ3) is 7.55. The van der Waals surface area contributed by atoms with Crippen LogP contribution >= 0.6 is 11.6 Å². The summed E-state index contributed by atoms with van der Waals surface area (Å²) < 4.78 is 16.6. The number of aryl methyl sites for hydroxylation is 1. The van der Waals surface area contributed by atoms with Crippen molar-refractivity contribution in [3.8, 4) is 16.9 Å². The normalized spacial score (nSPS) is 18.9. The highest BCUT2D eigenvalue weighted by Gasteiger charge is 2.24. The van der Waals surface area contributed by atoms with E-state index in [0.717, 1.165) is 56.1 Å². The molecule has 11 heteroatoms. The van der Waals surface area contributed by atoms with Crippen molar-refractivity contribution in [1.29, 1.82) is 0 Å². The molecule has 1 saturated heterocycles. The van der Waals surface area contributed by atoms with Crippen LogP contribution in [-0.4, -0.2) is 45.0 Å². The second-order valence-corrected chi connectivity index (χ2v) is 12.4. The maximum Gasteiger partial charge on any atom is 0.354 e. The number of nitrogens with one attached hydrogen (secondary N) is 2. The van der Waals surface area contributed by atoms with Crippen molar-refractivity contribution in [1.82, 2.24) is 19.9 Å². The fourth-order valence-electron chi connectivity index (χ4n) is 6.09. The molecule has 0 bridgehead atoms. The Bertz CT molecular complexity index is 1680. The number of hydrogen-bond donors (Lipinski definition) is 5. The molecule has 1 fully saturated rings. The number of benzene rings is 2. The highest BCUT2D eigenvalue weighted by Crippen LogP contribution is 2.32. The first-order chi connectivity index (χ1) is 21.1. The summed E-state index contributed by atoms with van der Waals surface area (Å²) in [5.74, 6) is 0.0380. The third-order valence-electron chi connectivity index (χ3n) is 8.28. The number of nitrogens with two attached hydrogens (primary N) is 3. The molecule has 44 heavy (non-hydrogen) atoms. The number of hydrogen-bond acceptors (Lipinski definition) is 6. The van der Waals surface area contributed by atoms with E-state index in [1.165, 1.54) is 4.57 Å². The van der Waals surface area contributed by atoms with E-state index in [1.807, 2.05) is 31.2 Å². The molecule has 4 atom stereocenters. The highest BCUT2D eigenvalue weighted by atomic mass is 35.5. The predicted molar refractivity (Wildman–Crippen MR) is 177 cm³/mol. The Balaban J connectivity index is 1.35. The van der Waals surface area contributed by atoms with Gasteiger partial charge in [-0.2, -0.15) is 4.98 Å². The minimum absolute atomic E-state index is 0.00420. The van der Waals surface area contributed by atoms with E-state index in [0.29, 0.717) is 46.4 Å².